The molecule has 0 radical (unpaired) electrons. The molecule has 0 bridgehead atoms. The highest BCUT2D eigenvalue weighted by atomic mass is 16.5. The molecule has 8 nitrogen and oxygen atoms in total. The van der Waals surface area contributed by atoms with Crippen LogP contribution in [0.15, 0.2) is 16.9 Å². The number of aromatic amines is 1. The van der Waals surface area contributed by atoms with E-state index in [1.807, 2.05) is 6.07 Å². The SMILES string of the molecule is O=C(NCC1(N2CCOCC2)CCCCC1)c1ccc(CN2CCCC(CO)C2)[nH]c1=O. The molecule has 1 saturated carbocycles. The number of pyridine rings is 1. The van der Waals surface area contributed by atoms with Gasteiger partial charge < -0.3 is 20.1 Å². The molecule has 1 unspecified atom stereocenters. The van der Waals surface area contributed by atoms with E-state index in [4.69, 9.17) is 4.74 Å². The number of ether oxygens (including phenoxy) is 1. The molecule has 1 aliphatic carbocycles. The second-order valence-electron chi connectivity index (χ2n) is 9.72. The molecule has 1 atom stereocenters. The van der Waals surface area contributed by atoms with Crippen LogP contribution < -0.4 is 10.9 Å². The van der Waals surface area contributed by atoms with Gasteiger partial charge in [0.2, 0.25) is 0 Å². The summed E-state index contributed by atoms with van der Waals surface area (Å²) in [5, 5.41) is 12.5. The number of piperidine rings is 1. The summed E-state index contributed by atoms with van der Waals surface area (Å²) in [7, 11) is 0. The first-order chi connectivity index (χ1) is 15.6. The van der Waals surface area contributed by atoms with Gasteiger partial charge in [0.25, 0.3) is 11.5 Å². The topological polar surface area (TPSA) is 97.9 Å². The van der Waals surface area contributed by atoms with E-state index in [-0.39, 0.29) is 29.2 Å². The Labute approximate surface area is 190 Å². The summed E-state index contributed by atoms with van der Waals surface area (Å²) >= 11 is 0. The minimum absolute atomic E-state index is 0.0259. The zero-order valence-corrected chi connectivity index (χ0v) is 19.1. The van der Waals surface area contributed by atoms with Crippen LogP contribution in [0, 0.1) is 5.92 Å². The van der Waals surface area contributed by atoms with E-state index in [1.165, 1.54) is 19.3 Å². The van der Waals surface area contributed by atoms with Crippen LogP contribution in [-0.4, -0.2) is 83.9 Å². The maximum Gasteiger partial charge on any atom is 0.261 e. The summed E-state index contributed by atoms with van der Waals surface area (Å²) < 4.78 is 5.53. The molecule has 1 amide bonds. The Morgan fingerprint density at radius 1 is 1.16 bits per heavy atom. The second kappa shape index (κ2) is 10.9. The first-order valence-corrected chi connectivity index (χ1v) is 12.3. The van der Waals surface area contributed by atoms with Crippen molar-refractivity contribution in [1.82, 2.24) is 20.1 Å². The minimum Gasteiger partial charge on any atom is -0.396 e. The standard InChI is InChI=1S/C24H38N4O4/c29-17-19-5-4-10-27(15-19)16-20-6-7-21(23(31)26-20)22(30)25-18-24(8-2-1-3-9-24)28-11-13-32-14-12-28/h6-7,19,29H,1-5,8-18H2,(H,25,30)(H,26,31). The molecule has 3 heterocycles. The van der Waals surface area contributed by atoms with E-state index >= 15 is 0 Å². The number of rotatable bonds is 7. The number of carbonyl (C=O) groups excluding carboxylic acids is 1. The van der Waals surface area contributed by atoms with Gasteiger partial charge in [0.15, 0.2) is 0 Å². The lowest BCUT2D eigenvalue weighted by atomic mass is 9.79. The lowest BCUT2D eigenvalue weighted by molar-refractivity contribution is -0.0361. The van der Waals surface area contributed by atoms with Crippen molar-refractivity contribution in [3.05, 3.63) is 33.7 Å². The van der Waals surface area contributed by atoms with Crippen molar-refractivity contribution in [2.24, 2.45) is 5.92 Å². The van der Waals surface area contributed by atoms with Crippen molar-refractivity contribution in [2.75, 3.05) is 52.5 Å². The van der Waals surface area contributed by atoms with Crippen LogP contribution in [0.3, 0.4) is 0 Å². The Morgan fingerprint density at radius 3 is 2.66 bits per heavy atom. The number of carbonyl (C=O) groups is 1. The Bertz CT molecular complexity index is 814. The van der Waals surface area contributed by atoms with Crippen LogP contribution in [0.2, 0.25) is 0 Å². The number of hydrogen-bond acceptors (Lipinski definition) is 6. The number of morpholine rings is 1. The molecule has 3 fully saturated rings. The molecule has 3 aliphatic rings. The van der Waals surface area contributed by atoms with Crippen molar-refractivity contribution >= 4 is 5.91 Å². The second-order valence-corrected chi connectivity index (χ2v) is 9.72. The summed E-state index contributed by atoms with van der Waals surface area (Å²) in [6.45, 7) is 6.50. The maximum atomic E-state index is 12.9. The van der Waals surface area contributed by atoms with Gasteiger partial charge in [0.05, 0.1) is 13.2 Å². The number of amides is 1. The summed E-state index contributed by atoms with van der Waals surface area (Å²) in [6, 6.07) is 3.50. The van der Waals surface area contributed by atoms with E-state index in [2.05, 4.69) is 20.1 Å². The fourth-order valence-corrected chi connectivity index (χ4v) is 5.66. The number of aliphatic hydroxyl groups is 1. The quantitative estimate of drug-likeness (QED) is 0.585. The van der Waals surface area contributed by atoms with Gasteiger partial charge in [0.1, 0.15) is 5.56 Å². The smallest absolute Gasteiger partial charge is 0.261 e. The van der Waals surface area contributed by atoms with E-state index < -0.39 is 0 Å². The molecule has 2 saturated heterocycles. The molecule has 1 aromatic rings. The number of nitrogens with one attached hydrogen (secondary N) is 2. The molecule has 3 N–H and O–H groups in total. The fourth-order valence-electron chi connectivity index (χ4n) is 5.66. The van der Waals surface area contributed by atoms with Gasteiger partial charge in [-0.15, -0.1) is 0 Å². The molecule has 0 aromatic carbocycles. The Hall–Kier alpha value is -1.74. The van der Waals surface area contributed by atoms with E-state index in [1.54, 1.807) is 6.07 Å². The zero-order chi connectivity index (χ0) is 22.4. The van der Waals surface area contributed by atoms with Crippen LogP contribution in [0.4, 0.5) is 0 Å². The molecule has 2 aliphatic heterocycles. The van der Waals surface area contributed by atoms with Crippen molar-refractivity contribution in [3.8, 4) is 0 Å². The van der Waals surface area contributed by atoms with Gasteiger partial charge in [-0.3, -0.25) is 19.4 Å². The average Bonchev–Trinajstić information content (AvgIpc) is 2.84. The molecule has 32 heavy (non-hydrogen) atoms. The third-order valence-electron chi connectivity index (χ3n) is 7.51. The summed E-state index contributed by atoms with van der Waals surface area (Å²) in [5.41, 5.74) is 0.623. The van der Waals surface area contributed by atoms with Crippen LogP contribution in [0.1, 0.15) is 61.0 Å². The van der Waals surface area contributed by atoms with E-state index in [0.29, 0.717) is 19.0 Å². The van der Waals surface area contributed by atoms with Crippen molar-refractivity contribution in [1.29, 1.82) is 0 Å². The molecule has 1 aromatic heterocycles. The fraction of sp³-hybridized carbons (Fsp3) is 0.750. The summed E-state index contributed by atoms with van der Waals surface area (Å²) in [5.74, 6) is 0.00780. The first kappa shape index (κ1) is 23.4. The highest BCUT2D eigenvalue weighted by molar-refractivity contribution is 5.93. The summed E-state index contributed by atoms with van der Waals surface area (Å²) in [4.78, 5) is 33.2. The number of nitrogens with zero attached hydrogens (tertiary/aromatic N) is 2. The Morgan fingerprint density at radius 2 is 1.94 bits per heavy atom. The zero-order valence-electron chi connectivity index (χ0n) is 19.1. The summed E-state index contributed by atoms with van der Waals surface area (Å²) in [6.07, 6.45) is 7.86. The van der Waals surface area contributed by atoms with Gasteiger partial charge in [-0.1, -0.05) is 19.3 Å². The highest BCUT2D eigenvalue weighted by Crippen LogP contribution is 2.34. The molecule has 4 rings (SSSR count). The molecule has 8 heteroatoms. The third-order valence-corrected chi connectivity index (χ3v) is 7.51. The van der Waals surface area contributed by atoms with Crippen LogP contribution in [0.5, 0.6) is 0 Å². The molecular formula is C24H38N4O4. The van der Waals surface area contributed by atoms with Crippen molar-refractivity contribution in [2.45, 2.75) is 57.0 Å². The lowest BCUT2D eigenvalue weighted by Gasteiger charge is -2.48. The van der Waals surface area contributed by atoms with E-state index in [0.717, 1.165) is 70.8 Å². The normalized spacial score (nSPS) is 24.8. The number of aliphatic hydroxyl groups excluding tert-OH is 1. The van der Waals surface area contributed by atoms with Crippen molar-refractivity contribution < 1.29 is 14.6 Å². The predicted molar refractivity (Wildman–Crippen MR) is 123 cm³/mol. The molecular weight excluding hydrogens is 408 g/mol. The Kier molecular flexibility index (Phi) is 7.99. The van der Waals surface area contributed by atoms with E-state index in [9.17, 15) is 14.7 Å². The van der Waals surface area contributed by atoms with Gasteiger partial charge in [0, 0.05) is 50.6 Å². The minimum atomic E-state index is -0.334. The predicted octanol–water partition coefficient (Wildman–Crippen LogP) is 1.34. The van der Waals surface area contributed by atoms with Crippen molar-refractivity contribution in [3.63, 3.8) is 0 Å². The molecule has 0 spiro atoms. The van der Waals surface area contributed by atoms with Gasteiger partial charge in [-0.2, -0.15) is 0 Å². The van der Waals surface area contributed by atoms with Crippen LogP contribution in [-0.2, 0) is 11.3 Å². The Balaban J connectivity index is 1.37. The lowest BCUT2D eigenvalue weighted by Crippen LogP contribution is -2.59. The van der Waals surface area contributed by atoms with Gasteiger partial charge in [-0.05, 0) is 50.3 Å². The highest BCUT2D eigenvalue weighted by Gasteiger charge is 2.39. The monoisotopic (exact) mass is 446 g/mol. The average molecular weight is 447 g/mol. The third kappa shape index (κ3) is 5.60. The van der Waals surface area contributed by atoms with Crippen LogP contribution in [0.25, 0.3) is 0 Å². The number of hydrogen-bond donors (Lipinski definition) is 3. The van der Waals surface area contributed by atoms with Gasteiger partial charge in [-0.25, -0.2) is 0 Å². The number of H-pyrrole nitrogens is 1. The molecule has 178 valence electrons. The van der Waals surface area contributed by atoms with Crippen LogP contribution >= 0.6 is 0 Å². The number of aromatic nitrogens is 1. The maximum absolute atomic E-state index is 12.9. The largest absolute Gasteiger partial charge is 0.396 e. The first-order valence-electron chi connectivity index (χ1n) is 12.3. The number of likely N-dealkylation sites (tertiary alicyclic amines) is 1. The van der Waals surface area contributed by atoms with Gasteiger partial charge >= 0.3 is 0 Å².